The molecule has 6 heteroatoms. The topological polar surface area (TPSA) is 87.7 Å². The number of pyridine rings is 1. The lowest BCUT2D eigenvalue weighted by Crippen LogP contribution is -2.00. The van der Waals surface area contributed by atoms with Crippen molar-refractivity contribution in [3.05, 3.63) is 66.1 Å². The van der Waals surface area contributed by atoms with E-state index in [1.165, 1.54) is 19.2 Å². The van der Waals surface area contributed by atoms with Crippen molar-refractivity contribution in [3.8, 4) is 34.2 Å². The number of benzene rings is 2. The summed E-state index contributed by atoms with van der Waals surface area (Å²) in [5.74, 6) is -0.241. The molecule has 0 amide bonds. The zero-order chi connectivity index (χ0) is 19.0. The largest absolute Gasteiger partial charge is 0.494 e. The maximum atomic E-state index is 14.1. The standard InChI is InChI=1S/C21H15FN4O/c1-27-19-6-5-13(9-17(19)22)18-10-15(16(11-23)21(24)26-18)14-4-2-3-12-7-8-25-20(12)14/h2-10,25H,1H3,(H2,24,26). The number of nitrogens with one attached hydrogen (secondary N) is 1. The Hall–Kier alpha value is -3.85. The minimum atomic E-state index is -0.493. The number of nitrogen functional groups attached to an aromatic ring is 1. The number of aromatic nitrogens is 2. The van der Waals surface area contributed by atoms with Gasteiger partial charge in [0.2, 0.25) is 0 Å². The second kappa shape index (κ2) is 6.46. The minimum absolute atomic E-state index is 0.102. The van der Waals surface area contributed by atoms with E-state index in [0.717, 1.165) is 16.5 Å². The molecule has 0 aliphatic carbocycles. The number of nitrogens with two attached hydrogens (primary N) is 1. The van der Waals surface area contributed by atoms with Crippen molar-refractivity contribution in [3.63, 3.8) is 0 Å². The number of aromatic amines is 1. The number of anilines is 1. The highest BCUT2D eigenvalue weighted by Gasteiger charge is 2.16. The quantitative estimate of drug-likeness (QED) is 0.564. The van der Waals surface area contributed by atoms with Gasteiger partial charge in [-0.3, -0.25) is 0 Å². The van der Waals surface area contributed by atoms with Gasteiger partial charge < -0.3 is 15.5 Å². The maximum Gasteiger partial charge on any atom is 0.165 e. The number of hydrogen-bond acceptors (Lipinski definition) is 4. The van der Waals surface area contributed by atoms with E-state index in [1.54, 1.807) is 12.1 Å². The Kier molecular flexibility index (Phi) is 3.98. The van der Waals surface area contributed by atoms with Crippen LogP contribution in [0.1, 0.15) is 5.56 Å². The Bertz CT molecular complexity index is 1210. The van der Waals surface area contributed by atoms with Crippen LogP contribution in [0.3, 0.4) is 0 Å². The Balaban J connectivity index is 1.96. The fourth-order valence-corrected chi connectivity index (χ4v) is 3.18. The van der Waals surface area contributed by atoms with Crippen molar-refractivity contribution in [2.24, 2.45) is 0 Å². The number of H-pyrrole nitrogens is 1. The summed E-state index contributed by atoms with van der Waals surface area (Å²) in [6.07, 6.45) is 1.84. The summed E-state index contributed by atoms with van der Waals surface area (Å²) in [6.45, 7) is 0. The van der Waals surface area contributed by atoms with Gasteiger partial charge in [0.05, 0.1) is 18.3 Å². The van der Waals surface area contributed by atoms with Crippen molar-refractivity contribution in [1.82, 2.24) is 9.97 Å². The highest BCUT2D eigenvalue weighted by Crippen LogP contribution is 2.35. The van der Waals surface area contributed by atoms with Crippen molar-refractivity contribution in [1.29, 1.82) is 5.26 Å². The van der Waals surface area contributed by atoms with E-state index in [0.29, 0.717) is 16.8 Å². The number of para-hydroxylation sites is 1. The molecule has 0 unspecified atom stereocenters. The first kappa shape index (κ1) is 16.6. The molecule has 0 bridgehead atoms. The summed E-state index contributed by atoms with van der Waals surface area (Å²) in [4.78, 5) is 7.50. The smallest absolute Gasteiger partial charge is 0.165 e. The lowest BCUT2D eigenvalue weighted by Gasteiger charge is -2.12. The second-order valence-electron chi connectivity index (χ2n) is 6.02. The lowest BCUT2D eigenvalue weighted by molar-refractivity contribution is 0.386. The summed E-state index contributed by atoms with van der Waals surface area (Å²) in [7, 11) is 1.41. The van der Waals surface area contributed by atoms with E-state index >= 15 is 0 Å². The molecular formula is C21H15FN4O. The van der Waals surface area contributed by atoms with Crippen LogP contribution in [-0.4, -0.2) is 17.1 Å². The van der Waals surface area contributed by atoms with Gasteiger partial charge in [0.25, 0.3) is 0 Å². The van der Waals surface area contributed by atoms with E-state index in [1.807, 2.05) is 30.5 Å². The van der Waals surface area contributed by atoms with Crippen molar-refractivity contribution in [2.45, 2.75) is 0 Å². The minimum Gasteiger partial charge on any atom is -0.494 e. The molecule has 0 radical (unpaired) electrons. The van der Waals surface area contributed by atoms with Crippen LogP contribution in [0.5, 0.6) is 5.75 Å². The second-order valence-corrected chi connectivity index (χ2v) is 6.02. The monoisotopic (exact) mass is 358 g/mol. The Morgan fingerprint density at radius 3 is 2.74 bits per heavy atom. The molecule has 0 spiro atoms. The molecule has 132 valence electrons. The molecule has 0 saturated carbocycles. The molecule has 0 fully saturated rings. The normalized spacial score (nSPS) is 10.7. The predicted molar refractivity (Wildman–Crippen MR) is 103 cm³/mol. The van der Waals surface area contributed by atoms with Crippen LogP contribution in [0.4, 0.5) is 10.2 Å². The van der Waals surface area contributed by atoms with E-state index < -0.39 is 5.82 Å². The van der Waals surface area contributed by atoms with Crippen LogP contribution >= 0.6 is 0 Å². The molecule has 0 saturated heterocycles. The van der Waals surface area contributed by atoms with Crippen LogP contribution < -0.4 is 10.5 Å². The summed E-state index contributed by atoms with van der Waals surface area (Å²) in [5, 5.41) is 10.6. The van der Waals surface area contributed by atoms with Crippen LogP contribution in [0.15, 0.2) is 54.7 Å². The summed E-state index contributed by atoms with van der Waals surface area (Å²) < 4.78 is 19.1. The average Bonchev–Trinajstić information content (AvgIpc) is 3.16. The molecule has 5 nitrogen and oxygen atoms in total. The summed E-state index contributed by atoms with van der Waals surface area (Å²) in [5.41, 5.74) is 9.74. The number of halogens is 1. The third-order valence-electron chi connectivity index (χ3n) is 4.48. The number of nitriles is 1. The molecule has 27 heavy (non-hydrogen) atoms. The first-order valence-corrected chi connectivity index (χ1v) is 8.23. The van der Waals surface area contributed by atoms with E-state index in [2.05, 4.69) is 16.0 Å². The van der Waals surface area contributed by atoms with Crippen molar-refractivity contribution < 1.29 is 9.13 Å². The molecule has 2 aromatic carbocycles. The molecule has 0 atom stereocenters. The first-order valence-electron chi connectivity index (χ1n) is 8.23. The lowest BCUT2D eigenvalue weighted by atomic mass is 9.97. The van der Waals surface area contributed by atoms with Gasteiger partial charge in [-0.15, -0.1) is 0 Å². The zero-order valence-electron chi connectivity index (χ0n) is 14.5. The fraction of sp³-hybridized carbons (Fsp3) is 0.0476. The molecule has 4 rings (SSSR count). The molecule has 4 aromatic rings. The van der Waals surface area contributed by atoms with Gasteiger partial charge in [-0.25, -0.2) is 9.37 Å². The average molecular weight is 358 g/mol. The summed E-state index contributed by atoms with van der Waals surface area (Å²) >= 11 is 0. The first-order chi connectivity index (χ1) is 13.1. The molecule has 3 N–H and O–H groups in total. The van der Waals surface area contributed by atoms with Crippen molar-refractivity contribution in [2.75, 3.05) is 12.8 Å². The third-order valence-corrected chi connectivity index (χ3v) is 4.48. The Morgan fingerprint density at radius 2 is 2.00 bits per heavy atom. The van der Waals surface area contributed by atoms with Crippen LogP contribution in [0.2, 0.25) is 0 Å². The zero-order valence-corrected chi connectivity index (χ0v) is 14.5. The van der Waals surface area contributed by atoms with Gasteiger partial charge in [-0.05, 0) is 35.7 Å². The Labute approximate surface area is 154 Å². The predicted octanol–water partition coefficient (Wildman–Crippen LogP) is 4.50. The number of rotatable bonds is 3. The SMILES string of the molecule is COc1ccc(-c2cc(-c3cccc4cc[nH]c34)c(C#N)c(N)n2)cc1F. The van der Waals surface area contributed by atoms with Crippen molar-refractivity contribution >= 4 is 16.7 Å². The number of fused-ring (bicyclic) bond motifs is 1. The number of nitrogens with zero attached hydrogens (tertiary/aromatic N) is 2. The molecule has 0 aliphatic heterocycles. The fourth-order valence-electron chi connectivity index (χ4n) is 3.18. The maximum absolute atomic E-state index is 14.1. The number of hydrogen-bond donors (Lipinski definition) is 2. The number of ether oxygens (including phenoxy) is 1. The van der Waals surface area contributed by atoms with Gasteiger partial charge in [0.1, 0.15) is 17.5 Å². The van der Waals surface area contributed by atoms with Crippen LogP contribution in [0, 0.1) is 17.1 Å². The Morgan fingerprint density at radius 1 is 1.15 bits per heavy atom. The van der Waals surface area contributed by atoms with Gasteiger partial charge in [-0.1, -0.05) is 18.2 Å². The molecular weight excluding hydrogens is 343 g/mol. The van der Waals surface area contributed by atoms with Gasteiger partial charge in [0, 0.05) is 22.9 Å². The van der Waals surface area contributed by atoms with Gasteiger partial charge >= 0.3 is 0 Å². The van der Waals surface area contributed by atoms with E-state index in [-0.39, 0.29) is 17.1 Å². The van der Waals surface area contributed by atoms with Crippen LogP contribution in [0.25, 0.3) is 33.3 Å². The van der Waals surface area contributed by atoms with Gasteiger partial charge in [0.15, 0.2) is 11.6 Å². The van der Waals surface area contributed by atoms with E-state index in [9.17, 15) is 9.65 Å². The highest BCUT2D eigenvalue weighted by atomic mass is 19.1. The molecule has 2 aromatic heterocycles. The van der Waals surface area contributed by atoms with E-state index in [4.69, 9.17) is 10.5 Å². The number of methoxy groups -OCH3 is 1. The van der Waals surface area contributed by atoms with Gasteiger partial charge in [-0.2, -0.15) is 5.26 Å². The molecule has 0 aliphatic rings. The molecule has 2 heterocycles. The summed E-state index contributed by atoms with van der Waals surface area (Å²) in [6, 6.07) is 16.2. The van der Waals surface area contributed by atoms with Crippen LogP contribution in [-0.2, 0) is 0 Å². The third kappa shape index (κ3) is 2.75. The highest BCUT2D eigenvalue weighted by molar-refractivity contribution is 5.97.